The number of anilines is 1. The number of fused-ring (bicyclic) bond motifs is 2. The second-order valence-corrected chi connectivity index (χ2v) is 10.5. The third-order valence-corrected chi connectivity index (χ3v) is 8.62. The van der Waals surface area contributed by atoms with E-state index >= 15 is 0 Å². The minimum atomic E-state index is 0.788. The molecule has 4 aromatic heterocycles. The molecule has 0 unspecified atom stereocenters. The standard InChI is InChI=1S/C22H22N4OS3/c1-2-18(28-10-1)16-14-30-22-20(16)21(26-5-3-17-15(12-26)4-11-29-17)23-19(24-22)13-25-6-8-27-9-7-25/h1-2,4,10-11,14H,3,5-9,12-13H2. The fourth-order valence-corrected chi connectivity index (χ4v) is 6.93. The fraction of sp³-hybridized carbons (Fsp3) is 0.364. The largest absolute Gasteiger partial charge is 0.379 e. The summed E-state index contributed by atoms with van der Waals surface area (Å²) in [5.74, 6) is 2.03. The molecule has 154 valence electrons. The number of hydrogen-bond donors (Lipinski definition) is 0. The molecule has 4 aromatic rings. The van der Waals surface area contributed by atoms with Crippen molar-refractivity contribution in [3.05, 3.63) is 50.6 Å². The van der Waals surface area contributed by atoms with Crippen molar-refractivity contribution < 1.29 is 4.74 Å². The van der Waals surface area contributed by atoms with Gasteiger partial charge in [0.05, 0.1) is 25.1 Å². The van der Waals surface area contributed by atoms with E-state index in [1.54, 1.807) is 22.7 Å². The van der Waals surface area contributed by atoms with Crippen molar-refractivity contribution in [2.75, 3.05) is 37.7 Å². The fourth-order valence-electron chi connectivity index (χ4n) is 4.27. The molecule has 8 heteroatoms. The Morgan fingerprint density at radius 3 is 2.80 bits per heavy atom. The van der Waals surface area contributed by atoms with Crippen LogP contribution in [0.25, 0.3) is 20.7 Å². The molecule has 0 bridgehead atoms. The molecular weight excluding hydrogens is 432 g/mol. The van der Waals surface area contributed by atoms with Crippen LogP contribution in [0.3, 0.4) is 0 Å². The molecule has 0 aromatic carbocycles. The molecule has 6 heterocycles. The maximum absolute atomic E-state index is 5.51. The van der Waals surface area contributed by atoms with Crippen molar-refractivity contribution in [2.45, 2.75) is 19.5 Å². The Kier molecular flexibility index (Phi) is 5.05. The van der Waals surface area contributed by atoms with Gasteiger partial charge in [-0.25, -0.2) is 9.97 Å². The van der Waals surface area contributed by atoms with Crippen LogP contribution in [0.4, 0.5) is 5.82 Å². The zero-order valence-electron chi connectivity index (χ0n) is 16.5. The van der Waals surface area contributed by atoms with Gasteiger partial charge < -0.3 is 9.64 Å². The van der Waals surface area contributed by atoms with Crippen LogP contribution < -0.4 is 4.90 Å². The number of morpholine rings is 1. The lowest BCUT2D eigenvalue weighted by molar-refractivity contribution is 0.0331. The van der Waals surface area contributed by atoms with Crippen LogP contribution in [0.2, 0.25) is 0 Å². The zero-order valence-corrected chi connectivity index (χ0v) is 19.0. The zero-order chi connectivity index (χ0) is 19.9. The Hall–Kier alpha value is -1.84. The van der Waals surface area contributed by atoms with Crippen molar-refractivity contribution in [3.8, 4) is 10.4 Å². The van der Waals surface area contributed by atoms with Gasteiger partial charge in [0.2, 0.25) is 0 Å². The molecule has 1 fully saturated rings. The molecule has 0 spiro atoms. The predicted octanol–water partition coefficient (Wildman–Crippen LogP) is 4.88. The molecule has 0 amide bonds. The second kappa shape index (κ2) is 8.01. The van der Waals surface area contributed by atoms with Crippen LogP contribution >= 0.6 is 34.0 Å². The summed E-state index contributed by atoms with van der Waals surface area (Å²) in [6.45, 7) is 6.22. The highest BCUT2D eigenvalue weighted by Gasteiger charge is 2.25. The van der Waals surface area contributed by atoms with Gasteiger partial charge in [-0.15, -0.1) is 34.0 Å². The SMILES string of the molecule is c1csc(-c2csc3nc(CN4CCOCC4)nc(N4CCc5sccc5C4)c23)c1. The average Bonchev–Trinajstić information content (AvgIpc) is 3.53. The summed E-state index contributed by atoms with van der Waals surface area (Å²) in [5, 5.41) is 7.83. The lowest BCUT2D eigenvalue weighted by Crippen LogP contribution is -2.36. The average molecular weight is 455 g/mol. The maximum Gasteiger partial charge on any atom is 0.146 e. The van der Waals surface area contributed by atoms with Crippen molar-refractivity contribution in [3.63, 3.8) is 0 Å². The van der Waals surface area contributed by atoms with Gasteiger partial charge in [-0.3, -0.25) is 4.90 Å². The number of aromatic nitrogens is 2. The van der Waals surface area contributed by atoms with Gasteiger partial charge >= 0.3 is 0 Å². The maximum atomic E-state index is 5.51. The minimum Gasteiger partial charge on any atom is -0.379 e. The summed E-state index contributed by atoms with van der Waals surface area (Å²) >= 11 is 5.41. The van der Waals surface area contributed by atoms with E-state index in [0.717, 1.165) is 68.8 Å². The molecule has 5 nitrogen and oxygen atoms in total. The van der Waals surface area contributed by atoms with E-state index < -0.39 is 0 Å². The monoisotopic (exact) mass is 454 g/mol. The second-order valence-electron chi connectivity index (χ2n) is 7.70. The van der Waals surface area contributed by atoms with Crippen molar-refractivity contribution in [2.24, 2.45) is 0 Å². The Labute approximate surface area is 187 Å². The van der Waals surface area contributed by atoms with Crippen LogP contribution in [-0.2, 0) is 24.2 Å². The topological polar surface area (TPSA) is 41.5 Å². The summed E-state index contributed by atoms with van der Waals surface area (Å²) in [5.41, 5.74) is 2.72. The molecule has 0 aliphatic carbocycles. The third kappa shape index (κ3) is 3.46. The van der Waals surface area contributed by atoms with Crippen LogP contribution in [0.1, 0.15) is 16.3 Å². The van der Waals surface area contributed by atoms with E-state index in [-0.39, 0.29) is 0 Å². The van der Waals surface area contributed by atoms with Gasteiger partial charge in [0.1, 0.15) is 16.5 Å². The van der Waals surface area contributed by atoms with E-state index in [9.17, 15) is 0 Å². The number of rotatable bonds is 4. The van der Waals surface area contributed by atoms with Crippen LogP contribution in [-0.4, -0.2) is 47.7 Å². The highest BCUT2D eigenvalue weighted by atomic mass is 32.1. The first-order chi connectivity index (χ1) is 14.8. The van der Waals surface area contributed by atoms with Crippen molar-refractivity contribution in [1.82, 2.24) is 14.9 Å². The van der Waals surface area contributed by atoms with Crippen molar-refractivity contribution in [1.29, 1.82) is 0 Å². The van der Waals surface area contributed by atoms with E-state index in [0.29, 0.717) is 0 Å². The van der Waals surface area contributed by atoms with Gasteiger partial charge in [-0.05, 0) is 34.9 Å². The molecule has 30 heavy (non-hydrogen) atoms. The summed E-state index contributed by atoms with van der Waals surface area (Å²) < 4.78 is 5.51. The summed E-state index contributed by atoms with van der Waals surface area (Å²) in [4.78, 5) is 18.9. The molecule has 1 saturated heterocycles. The summed E-state index contributed by atoms with van der Waals surface area (Å²) in [6, 6.07) is 6.59. The Morgan fingerprint density at radius 2 is 1.93 bits per heavy atom. The molecule has 0 N–H and O–H groups in total. The summed E-state index contributed by atoms with van der Waals surface area (Å²) in [7, 11) is 0. The molecular formula is C22H22N4OS3. The minimum absolute atomic E-state index is 0.788. The molecule has 2 aliphatic rings. The lowest BCUT2D eigenvalue weighted by atomic mass is 10.1. The summed E-state index contributed by atoms with van der Waals surface area (Å²) in [6.07, 6.45) is 1.09. The van der Waals surface area contributed by atoms with Gasteiger partial charge in [0.25, 0.3) is 0 Å². The normalized spacial score (nSPS) is 17.5. The molecule has 6 rings (SSSR count). The van der Waals surface area contributed by atoms with E-state index in [1.165, 1.54) is 26.3 Å². The number of ether oxygens (including phenoxy) is 1. The van der Waals surface area contributed by atoms with Crippen LogP contribution in [0.5, 0.6) is 0 Å². The quantitative estimate of drug-likeness (QED) is 0.440. The number of nitrogens with zero attached hydrogens (tertiary/aromatic N) is 4. The van der Waals surface area contributed by atoms with Gasteiger partial charge in [0, 0.05) is 46.9 Å². The first-order valence-electron chi connectivity index (χ1n) is 10.3. The molecule has 2 aliphatic heterocycles. The van der Waals surface area contributed by atoms with E-state index in [2.05, 4.69) is 44.1 Å². The van der Waals surface area contributed by atoms with Crippen LogP contribution in [0, 0.1) is 0 Å². The van der Waals surface area contributed by atoms with Gasteiger partial charge in [0.15, 0.2) is 0 Å². The molecule has 0 saturated carbocycles. The Balaban J connectivity index is 1.44. The number of hydrogen-bond acceptors (Lipinski definition) is 8. The van der Waals surface area contributed by atoms with E-state index in [1.807, 2.05) is 11.3 Å². The lowest BCUT2D eigenvalue weighted by Gasteiger charge is -2.30. The Morgan fingerprint density at radius 1 is 1.00 bits per heavy atom. The molecule has 0 atom stereocenters. The van der Waals surface area contributed by atoms with E-state index in [4.69, 9.17) is 14.7 Å². The first kappa shape index (κ1) is 18.9. The first-order valence-corrected chi connectivity index (χ1v) is 12.9. The molecule has 0 radical (unpaired) electrons. The predicted molar refractivity (Wildman–Crippen MR) is 126 cm³/mol. The van der Waals surface area contributed by atoms with Gasteiger partial charge in [-0.2, -0.15) is 0 Å². The number of thiophene rings is 3. The van der Waals surface area contributed by atoms with Crippen LogP contribution in [0.15, 0.2) is 34.3 Å². The third-order valence-electron chi connectivity index (χ3n) is 5.82. The van der Waals surface area contributed by atoms with Gasteiger partial charge in [-0.1, -0.05) is 6.07 Å². The smallest absolute Gasteiger partial charge is 0.146 e. The van der Waals surface area contributed by atoms with Crippen molar-refractivity contribution >= 4 is 50.0 Å². The Bertz CT molecular complexity index is 1160. The highest BCUT2D eigenvalue weighted by Crippen LogP contribution is 2.41. The highest BCUT2D eigenvalue weighted by molar-refractivity contribution is 7.18.